The molecule has 0 bridgehead atoms. The second-order valence-electron chi connectivity index (χ2n) is 6.67. The van der Waals surface area contributed by atoms with Crippen LogP contribution in [-0.4, -0.2) is 24.9 Å². The Morgan fingerprint density at radius 3 is 2.63 bits per heavy atom. The van der Waals surface area contributed by atoms with E-state index in [1.54, 1.807) is 6.33 Å². The lowest BCUT2D eigenvalue weighted by atomic mass is 9.95. The van der Waals surface area contributed by atoms with Gasteiger partial charge in [-0.3, -0.25) is 4.98 Å². The summed E-state index contributed by atoms with van der Waals surface area (Å²) in [5.74, 6) is 0.529. The van der Waals surface area contributed by atoms with Crippen molar-refractivity contribution in [2.45, 2.75) is 19.4 Å². The van der Waals surface area contributed by atoms with Crippen LogP contribution < -0.4 is 16.3 Å². The molecule has 4 rings (SSSR count). The van der Waals surface area contributed by atoms with Crippen molar-refractivity contribution in [1.29, 1.82) is 0 Å². The molecule has 27 heavy (non-hydrogen) atoms. The van der Waals surface area contributed by atoms with E-state index in [1.165, 1.54) is 0 Å². The molecule has 2 heterocycles. The van der Waals surface area contributed by atoms with Crippen LogP contribution >= 0.6 is 0 Å². The summed E-state index contributed by atoms with van der Waals surface area (Å²) in [6.07, 6.45) is 1.62. The molecule has 0 amide bonds. The number of aromatic nitrogens is 5. The Labute approximate surface area is 155 Å². The first-order valence-electron chi connectivity index (χ1n) is 8.52. The highest BCUT2D eigenvalue weighted by atomic mass is 16.1. The molecule has 0 aliphatic rings. The smallest absolute Gasteiger partial charge is 0.345 e. The number of para-hydroxylation sites is 1. The topological polar surface area (TPSA) is 111 Å². The lowest BCUT2D eigenvalue weighted by Gasteiger charge is -2.26. The third-order valence-electron chi connectivity index (χ3n) is 4.27. The highest BCUT2D eigenvalue weighted by molar-refractivity contribution is 5.89. The first kappa shape index (κ1) is 16.8. The molecule has 0 fully saturated rings. The standard InChI is InChI=1S/C19H19N7O/c1-19(2,12-7-4-3-5-8-12)26-17-23-16(24-18(27)25-17)22-14-10-6-9-13-15(14)21-11-20-13/h3-11H,1-2H3,(H,20,21)(H3,22,23,24,25,26,27). The van der Waals surface area contributed by atoms with Gasteiger partial charge in [0.15, 0.2) is 0 Å². The number of nitrogens with zero attached hydrogens (tertiary/aromatic N) is 3. The zero-order chi connectivity index (χ0) is 18.9. The second-order valence-corrected chi connectivity index (χ2v) is 6.67. The van der Waals surface area contributed by atoms with Crippen LogP contribution in [0.25, 0.3) is 11.0 Å². The second kappa shape index (κ2) is 6.56. The number of nitrogens with one attached hydrogen (secondary N) is 4. The number of fused-ring (bicyclic) bond motifs is 1. The molecule has 2 aromatic carbocycles. The van der Waals surface area contributed by atoms with Gasteiger partial charge in [0.2, 0.25) is 11.9 Å². The summed E-state index contributed by atoms with van der Waals surface area (Å²) >= 11 is 0. The molecule has 0 spiro atoms. The van der Waals surface area contributed by atoms with Crippen LogP contribution in [0.3, 0.4) is 0 Å². The van der Waals surface area contributed by atoms with E-state index >= 15 is 0 Å². The van der Waals surface area contributed by atoms with E-state index in [0.29, 0.717) is 0 Å². The molecular formula is C19H19N7O. The van der Waals surface area contributed by atoms with E-state index in [0.717, 1.165) is 22.3 Å². The largest absolute Gasteiger partial charge is 0.351 e. The molecule has 0 unspecified atom stereocenters. The van der Waals surface area contributed by atoms with E-state index in [9.17, 15) is 4.79 Å². The average molecular weight is 361 g/mol. The van der Waals surface area contributed by atoms with E-state index in [1.807, 2.05) is 62.4 Å². The molecule has 2 aromatic heterocycles. The van der Waals surface area contributed by atoms with Gasteiger partial charge in [-0.25, -0.2) is 9.78 Å². The summed E-state index contributed by atoms with van der Waals surface area (Å²) in [6, 6.07) is 15.6. The molecule has 0 atom stereocenters. The van der Waals surface area contributed by atoms with E-state index < -0.39 is 11.2 Å². The van der Waals surface area contributed by atoms with Gasteiger partial charge < -0.3 is 15.6 Å². The predicted octanol–water partition coefficient (Wildman–Crippen LogP) is 3.13. The first-order valence-corrected chi connectivity index (χ1v) is 8.52. The minimum Gasteiger partial charge on any atom is -0.345 e. The van der Waals surface area contributed by atoms with Crippen LogP contribution in [0.5, 0.6) is 0 Å². The van der Waals surface area contributed by atoms with Crippen molar-refractivity contribution in [3.05, 3.63) is 70.9 Å². The van der Waals surface area contributed by atoms with Crippen LogP contribution in [0.2, 0.25) is 0 Å². The fourth-order valence-electron chi connectivity index (χ4n) is 2.90. The Morgan fingerprint density at radius 1 is 1.00 bits per heavy atom. The van der Waals surface area contributed by atoms with Crippen LogP contribution in [0.1, 0.15) is 19.4 Å². The van der Waals surface area contributed by atoms with Gasteiger partial charge in [-0.1, -0.05) is 36.4 Å². The van der Waals surface area contributed by atoms with E-state index in [-0.39, 0.29) is 11.9 Å². The highest BCUT2D eigenvalue weighted by Crippen LogP contribution is 2.25. The molecule has 136 valence electrons. The summed E-state index contributed by atoms with van der Waals surface area (Å²) in [5.41, 5.74) is 2.50. The number of H-pyrrole nitrogens is 2. The fourth-order valence-corrected chi connectivity index (χ4v) is 2.90. The van der Waals surface area contributed by atoms with Crippen molar-refractivity contribution >= 4 is 28.6 Å². The summed E-state index contributed by atoms with van der Waals surface area (Å²) in [5, 5.41) is 6.34. The van der Waals surface area contributed by atoms with Gasteiger partial charge in [-0.05, 0) is 31.5 Å². The molecule has 0 aliphatic heterocycles. The maximum atomic E-state index is 12.0. The number of anilines is 3. The highest BCUT2D eigenvalue weighted by Gasteiger charge is 2.21. The van der Waals surface area contributed by atoms with Crippen LogP contribution in [0, 0.1) is 0 Å². The van der Waals surface area contributed by atoms with Gasteiger partial charge in [0, 0.05) is 0 Å². The zero-order valence-electron chi connectivity index (χ0n) is 14.9. The lowest BCUT2D eigenvalue weighted by molar-refractivity contribution is 0.600. The summed E-state index contributed by atoms with van der Waals surface area (Å²) in [7, 11) is 0. The Bertz CT molecular complexity index is 1130. The number of aromatic amines is 2. The number of rotatable bonds is 5. The lowest BCUT2D eigenvalue weighted by Crippen LogP contribution is -2.30. The molecule has 0 aliphatic carbocycles. The van der Waals surface area contributed by atoms with E-state index in [2.05, 4.69) is 35.6 Å². The molecule has 0 saturated carbocycles. The third kappa shape index (κ3) is 3.50. The Morgan fingerprint density at radius 2 is 1.81 bits per heavy atom. The molecular weight excluding hydrogens is 342 g/mol. The van der Waals surface area contributed by atoms with Crippen molar-refractivity contribution < 1.29 is 0 Å². The zero-order valence-corrected chi connectivity index (χ0v) is 14.9. The SMILES string of the molecule is CC(C)(Nc1nc(Nc2cccc3[nH]cnc23)[nH]c(=O)n1)c1ccccc1. The monoisotopic (exact) mass is 361 g/mol. The van der Waals surface area contributed by atoms with Crippen molar-refractivity contribution in [3.63, 3.8) is 0 Å². The minimum atomic E-state index is -0.493. The number of hydrogen-bond donors (Lipinski definition) is 4. The van der Waals surface area contributed by atoms with Crippen LogP contribution in [0.15, 0.2) is 59.7 Å². The summed E-state index contributed by atoms with van der Waals surface area (Å²) in [6.45, 7) is 4.01. The molecule has 0 saturated heterocycles. The van der Waals surface area contributed by atoms with Gasteiger partial charge in [0.25, 0.3) is 0 Å². The fraction of sp³-hybridized carbons (Fsp3) is 0.158. The van der Waals surface area contributed by atoms with Crippen molar-refractivity contribution in [2.24, 2.45) is 0 Å². The van der Waals surface area contributed by atoms with E-state index in [4.69, 9.17) is 0 Å². The molecule has 4 N–H and O–H groups in total. The van der Waals surface area contributed by atoms with Crippen LogP contribution in [-0.2, 0) is 5.54 Å². The summed E-state index contributed by atoms with van der Waals surface area (Å²) in [4.78, 5) is 30.3. The quantitative estimate of drug-likeness (QED) is 0.434. The Hall–Kier alpha value is -3.68. The summed E-state index contributed by atoms with van der Waals surface area (Å²) < 4.78 is 0. The van der Waals surface area contributed by atoms with Crippen molar-refractivity contribution in [2.75, 3.05) is 10.6 Å². The molecule has 0 radical (unpaired) electrons. The van der Waals surface area contributed by atoms with Gasteiger partial charge in [0.1, 0.15) is 5.52 Å². The van der Waals surface area contributed by atoms with Crippen molar-refractivity contribution in [3.8, 4) is 0 Å². The number of hydrogen-bond acceptors (Lipinski definition) is 6. The number of benzene rings is 2. The number of imidazole rings is 1. The first-order chi connectivity index (χ1) is 13.0. The van der Waals surface area contributed by atoms with Gasteiger partial charge in [-0.2, -0.15) is 9.97 Å². The van der Waals surface area contributed by atoms with Gasteiger partial charge in [-0.15, -0.1) is 0 Å². The maximum absolute atomic E-state index is 12.0. The molecule has 8 heteroatoms. The Kier molecular flexibility index (Phi) is 4.08. The van der Waals surface area contributed by atoms with Crippen LogP contribution in [0.4, 0.5) is 17.6 Å². The third-order valence-corrected chi connectivity index (χ3v) is 4.27. The molecule has 4 aromatic rings. The Balaban J connectivity index is 1.64. The predicted molar refractivity (Wildman–Crippen MR) is 105 cm³/mol. The normalized spacial score (nSPS) is 11.5. The van der Waals surface area contributed by atoms with Gasteiger partial charge >= 0.3 is 5.69 Å². The molecule has 8 nitrogen and oxygen atoms in total. The van der Waals surface area contributed by atoms with Gasteiger partial charge in [0.05, 0.1) is 23.1 Å². The average Bonchev–Trinajstić information content (AvgIpc) is 3.11. The minimum absolute atomic E-state index is 0.240. The van der Waals surface area contributed by atoms with Crippen molar-refractivity contribution in [1.82, 2.24) is 24.9 Å². The maximum Gasteiger partial charge on any atom is 0.351 e.